The van der Waals surface area contributed by atoms with Crippen LogP contribution in [0.25, 0.3) is 0 Å². The van der Waals surface area contributed by atoms with Gasteiger partial charge in [-0.2, -0.15) is 18.2 Å². The molecule has 0 spiro atoms. The molecule has 0 N–H and O–H groups in total. The van der Waals surface area contributed by atoms with E-state index in [-0.39, 0.29) is 16.6 Å². The summed E-state index contributed by atoms with van der Waals surface area (Å²) in [6.07, 6.45) is 2.47. The Labute approximate surface area is 139 Å². The summed E-state index contributed by atoms with van der Waals surface area (Å²) < 4.78 is 53.7. The summed E-state index contributed by atoms with van der Waals surface area (Å²) in [5.74, 6) is 0. The van der Waals surface area contributed by atoms with Crippen molar-refractivity contribution in [1.82, 2.24) is 14.1 Å². The Balaban J connectivity index is 2.02. The maximum absolute atomic E-state index is 13.0. The van der Waals surface area contributed by atoms with Crippen LogP contribution in [-0.4, -0.2) is 29.0 Å². The lowest BCUT2D eigenvalue weighted by atomic mass is 10.0. The van der Waals surface area contributed by atoms with Crippen molar-refractivity contribution in [3.8, 4) is 0 Å². The summed E-state index contributed by atoms with van der Waals surface area (Å²) in [6, 6.07) is 7.38. The van der Waals surface area contributed by atoms with Crippen molar-refractivity contribution in [1.29, 1.82) is 0 Å². The molecule has 0 amide bonds. The third-order valence-corrected chi connectivity index (χ3v) is 6.53. The number of nitrogens with zero attached hydrogens (tertiary/aromatic N) is 3. The van der Waals surface area contributed by atoms with Gasteiger partial charge in [0.2, 0.25) is 10.0 Å². The van der Waals surface area contributed by atoms with Gasteiger partial charge in [0.1, 0.15) is 4.90 Å². The molecule has 1 aromatic carbocycles. The first kappa shape index (κ1) is 17.0. The summed E-state index contributed by atoms with van der Waals surface area (Å²) in [5, 5.41) is 3.53. The maximum atomic E-state index is 13.0. The third-order valence-electron chi connectivity index (χ3n) is 4.52. The van der Waals surface area contributed by atoms with E-state index in [1.807, 2.05) is 31.2 Å². The van der Waals surface area contributed by atoms with E-state index in [1.165, 1.54) is 11.2 Å². The number of hydrogen-bond acceptors (Lipinski definition) is 3. The molecule has 2 heterocycles. The van der Waals surface area contributed by atoms with E-state index < -0.39 is 16.6 Å². The number of rotatable bonds is 4. The highest BCUT2D eigenvalue weighted by atomic mass is 32.2. The van der Waals surface area contributed by atoms with Crippen LogP contribution in [0.4, 0.5) is 8.78 Å². The largest absolute Gasteiger partial charge is 0.333 e. The predicted molar refractivity (Wildman–Crippen MR) is 85.3 cm³/mol. The SMILES string of the molecule is Cc1ccccc1C1CCCN1S(=O)(=O)c1cnn(C(F)F)c1C. The lowest BCUT2D eigenvalue weighted by molar-refractivity contribution is 0.0541. The number of aryl methyl sites for hydroxylation is 1. The number of benzene rings is 1. The topological polar surface area (TPSA) is 55.2 Å². The van der Waals surface area contributed by atoms with Gasteiger partial charge in [0.15, 0.2) is 0 Å². The summed E-state index contributed by atoms with van der Waals surface area (Å²) in [6.45, 7) is 0.809. The van der Waals surface area contributed by atoms with E-state index in [0.29, 0.717) is 17.6 Å². The highest BCUT2D eigenvalue weighted by Crippen LogP contribution is 2.38. The van der Waals surface area contributed by atoms with Gasteiger partial charge in [0, 0.05) is 6.54 Å². The fraction of sp³-hybridized carbons (Fsp3) is 0.438. The lowest BCUT2D eigenvalue weighted by Gasteiger charge is -2.25. The van der Waals surface area contributed by atoms with Gasteiger partial charge in [-0.25, -0.2) is 13.1 Å². The molecule has 2 aromatic rings. The van der Waals surface area contributed by atoms with Gasteiger partial charge in [-0.1, -0.05) is 24.3 Å². The van der Waals surface area contributed by atoms with Gasteiger partial charge in [0.05, 0.1) is 17.9 Å². The smallest absolute Gasteiger partial charge is 0.207 e. The van der Waals surface area contributed by atoms with Crippen molar-refractivity contribution < 1.29 is 17.2 Å². The molecule has 1 fully saturated rings. The Hall–Kier alpha value is -1.80. The molecule has 3 rings (SSSR count). The van der Waals surface area contributed by atoms with E-state index in [4.69, 9.17) is 0 Å². The quantitative estimate of drug-likeness (QED) is 0.844. The predicted octanol–water partition coefficient (Wildman–Crippen LogP) is 3.42. The monoisotopic (exact) mass is 355 g/mol. The van der Waals surface area contributed by atoms with Crippen LogP contribution >= 0.6 is 0 Å². The van der Waals surface area contributed by atoms with Gasteiger partial charge < -0.3 is 0 Å². The van der Waals surface area contributed by atoms with Crippen LogP contribution in [0.2, 0.25) is 0 Å². The Kier molecular flexibility index (Phi) is 4.44. The summed E-state index contributed by atoms with van der Waals surface area (Å²) >= 11 is 0. The molecule has 0 radical (unpaired) electrons. The second-order valence-corrected chi connectivity index (χ2v) is 7.81. The van der Waals surface area contributed by atoms with Gasteiger partial charge in [0.25, 0.3) is 0 Å². The van der Waals surface area contributed by atoms with Crippen LogP contribution in [0.5, 0.6) is 0 Å². The van der Waals surface area contributed by atoms with Gasteiger partial charge in [-0.05, 0) is 37.8 Å². The standard InChI is InChI=1S/C16H19F2N3O2S/c1-11-6-3-4-7-13(11)14-8-5-9-20(14)24(22,23)15-10-19-21(12(15)2)16(17)18/h3-4,6-7,10,14,16H,5,8-9H2,1-2H3. The minimum absolute atomic E-state index is 0.0413. The first-order valence-corrected chi connectivity index (χ1v) is 9.17. The van der Waals surface area contributed by atoms with E-state index >= 15 is 0 Å². The molecule has 1 aliphatic rings. The van der Waals surface area contributed by atoms with Crippen LogP contribution < -0.4 is 0 Å². The Morgan fingerprint density at radius 3 is 2.58 bits per heavy atom. The van der Waals surface area contributed by atoms with Gasteiger partial charge >= 0.3 is 6.55 Å². The molecule has 1 saturated heterocycles. The molecule has 1 atom stereocenters. The molecule has 1 aliphatic heterocycles. The van der Waals surface area contributed by atoms with E-state index in [2.05, 4.69) is 5.10 Å². The summed E-state index contributed by atoms with van der Waals surface area (Å²) in [7, 11) is -3.88. The summed E-state index contributed by atoms with van der Waals surface area (Å²) in [5.41, 5.74) is 1.93. The maximum Gasteiger partial charge on any atom is 0.333 e. The lowest BCUT2D eigenvalue weighted by Crippen LogP contribution is -2.31. The number of aromatic nitrogens is 2. The fourth-order valence-corrected chi connectivity index (χ4v) is 5.11. The molecule has 0 saturated carbocycles. The first-order chi connectivity index (χ1) is 11.3. The van der Waals surface area contributed by atoms with Crippen LogP contribution in [-0.2, 0) is 10.0 Å². The van der Waals surface area contributed by atoms with Crippen molar-refractivity contribution in [3.05, 3.63) is 47.3 Å². The molecule has 1 aromatic heterocycles. The van der Waals surface area contributed by atoms with E-state index in [1.54, 1.807) is 0 Å². The fourth-order valence-electron chi connectivity index (χ4n) is 3.28. The summed E-state index contributed by atoms with van der Waals surface area (Å²) in [4.78, 5) is -0.150. The van der Waals surface area contributed by atoms with Gasteiger partial charge in [-0.15, -0.1) is 0 Å². The van der Waals surface area contributed by atoms with Crippen molar-refractivity contribution in [3.63, 3.8) is 0 Å². The molecule has 1 unspecified atom stereocenters. The normalized spacial score (nSPS) is 19.3. The number of alkyl halides is 2. The molecule has 130 valence electrons. The van der Waals surface area contributed by atoms with Crippen LogP contribution in [0.3, 0.4) is 0 Å². The van der Waals surface area contributed by atoms with Crippen LogP contribution in [0, 0.1) is 13.8 Å². The average molecular weight is 355 g/mol. The average Bonchev–Trinajstić information content (AvgIpc) is 3.14. The molecule has 5 nitrogen and oxygen atoms in total. The number of sulfonamides is 1. The van der Waals surface area contributed by atoms with Crippen molar-refractivity contribution in [2.75, 3.05) is 6.54 Å². The number of halogens is 2. The van der Waals surface area contributed by atoms with Crippen molar-refractivity contribution in [2.24, 2.45) is 0 Å². The first-order valence-electron chi connectivity index (χ1n) is 7.73. The zero-order chi connectivity index (χ0) is 17.5. The molecular weight excluding hydrogens is 336 g/mol. The van der Waals surface area contributed by atoms with Crippen molar-refractivity contribution >= 4 is 10.0 Å². The Morgan fingerprint density at radius 2 is 1.96 bits per heavy atom. The molecule has 0 aliphatic carbocycles. The molecular formula is C16H19F2N3O2S. The van der Waals surface area contributed by atoms with Crippen LogP contribution in [0.15, 0.2) is 35.4 Å². The molecule has 0 bridgehead atoms. The van der Waals surface area contributed by atoms with Crippen LogP contribution in [0.1, 0.15) is 42.3 Å². The second-order valence-electron chi connectivity index (χ2n) is 5.95. The van der Waals surface area contributed by atoms with E-state index in [0.717, 1.165) is 23.7 Å². The molecule has 24 heavy (non-hydrogen) atoms. The minimum atomic E-state index is -3.88. The van der Waals surface area contributed by atoms with E-state index in [9.17, 15) is 17.2 Å². The highest BCUT2D eigenvalue weighted by Gasteiger charge is 2.38. The zero-order valence-corrected chi connectivity index (χ0v) is 14.3. The second kappa shape index (κ2) is 6.25. The third kappa shape index (κ3) is 2.73. The zero-order valence-electron chi connectivity index (χ0n) is 13.5. The Bertz CT molecular complexity index is 849. The number of hydrogen-bond donors (Lipinski definition) is 0. The van der Waals surface area contributed by atoms with Gasteiger partial charge in [-0.3, -0.25) is 0 Å². The minimum Gasteiger partial charge on any atom is -0.207 e. The van der Waals surface area contributed by atoms with Crippen molar-refractivity contribution in [2.45, 2.75) is 44.2 Å². The highest BCUT2D eigenvalue weighted by molar-refractivity contribution is 7.89. The molecule has 8 heteroatoms. The Morgan fingerprint density at radius 1 is 1.25 bits per heavy atom.